The van der Waals surface area contributed by atoms with Gasteiger partial charge in [-0.05, 0) is 56.6 Å². The third kappa shape index (κ3) is 7.65. The molecule has 0 saturated heterocycles. The van der Waals surface area contributed by atoms with E-state index in [-0.39, 0.29) is 29.5 Å². The summed E-state index contributed by atoms with van der Waals surface area (Å²) in [5.74, 6) is -4.75. The molecule has 2 aromatic rings. The first-order valence-electron chi connectivity index (χ1n) is 13.7. The summed E-state index contributed by atoms with van der Waals surface area (Å²) < 4.78 is 64.8. The minimum absolute atomic E-state index is 0.0160. The van der Waals surface area contributed by atoms with Gasteiger partial charge >= 0.3 is 12.1 Å². The number of nitrogens with zero attached hydrogens (tertiary/aromatic N) is 2. The van der Waals surface area contributed by atoms with Crippen LogP contribution in [0.15, 0.2) is 24.4 Å². The quantitative estimate of drug-likeness (QED) is 0.350. The summed E-state index contributed by atoms with van der Waals surface area (Å²) in [6.07, 6.45) is 0.0821. The van der Waals surface area contributed by atoms with E-state index in [2.05, 4.69) is 20.6 Å². The zero-order valence-corrected chi connectivity index (χ0v) is 22.9. The van der Waals surface area contributed by atoms with Crippen molar-refractivity contribution in [2.24, 2.45) is 17.8 Å². The lowest BCUT2D eigenvalue weighted by molar-refractivity contribution is -0.143. The van der Waals surface area contributed by atoms with Crippen molar-refractivity contribution in [3.05, 3.63) is 41.5 Å². The smallest absolute Gasteiger partial charge is 0.433 e. The Kier molecular flexibility index (Phi) is 9.84. The highest BCUT2D eigenvalue weighted by Gasteiger charge is 2.35. The third-order valence-electron chi connectivity index (χ3n) is 7.77. The molecular formula is C28H32F4N4O6. The Labute approximate surface area is 239 Å². The van der Waals surface area contributed by atoms with Crippen LogP contribution in [0.25, 0.3) is 0 Å². The number of anilines is 1. The Morgan fingerprint density at radius 3 is 2.43 bits per heavy atom. The lowest BCUT2D eigenvalue weighted by Crippen LogP contribution is -2.39. The number of halogens is 4. The van der Waals surface area contributed by atoms with Crippen LogP contribution in [0.5, 0.6) is 11.5 Å². The van der Waals surface area contributed by atoms with Crippen molar-refractivity contribution in [1.82, 2.24) is 15.3 Å². The molecule has 10 nitrogen and oxygen atoms in total. The van der Waals surface area contributed by atoms with E-state index >= 15 is 0 Å². The number of nitrogens with one attached hydrogen (secondary N) is 2. The number of amides is 2. The van der Waals surface area contributed by atoms with Gasteiger partial charge in [0.2, 0.25) is 11.9 Å². The summed E-state index contributed by atoms with van der Waals surface area (Å²) in [5.41, 5.74) is -1.16. The van der Waals surface area contributed by atoms with Crippen molar-refractivity contribution >= 4 is 23.7 Å². The predicted octanol–water partition coefficient (Wildman–Crippen LogP) is 4.84. The summed E-state index contributed by atoms with van der Waals surface area (Å²) >= 11 is 0. The first kappa shape index (κ1) is 31.0. The van der Waals surface area contributed by atoms with Crippen LogP contribution in [-0.2, 0) is 15.8 Å². The number of carboxylic acid groups (broad SMARTS) is 1. The van der Waals surface area contributed by atoms with Gasteiger partial charge in [-0.2, -0.15) is 13.2 Å². The fraction of sp³-hybridized carbons (Fsp3) is 0.536. The summed E-state index contributed by atoms with van der Waals surface area (Å²) in [5, 5.41) is 14.3. The van der Waals surface area contributed by atoms with Crippen LogP contribution in [0.2, 0.25) is 0 Å². The van der Waals surface area contributed by atoms with Crippen LogP contribution in [0.3, 0.4) is 0 Å². The Bertz CT molecular complexity index is 1300. The van der Waals surface area contributed by atoms with Gasteiger partial charge in [-0.3, -0.25) is 19.7 Å². The van der Waals surface area contributed by atoms with Crippen molar-refractivity contribution in [2.75, 3.05) is 19.0 Å². The first-order chi connectivity index (χ1) is 20.0. The molecule has 0 bridgehead atoms. The molecule has 2 amide bonds. The molecule has 2 aliphatic carbocycles. The standard InChI is InChI=1S/C28H32F4N4O6/c1-41-21-13-20(29)22(42-17-8-6-15(7-9-17)26(39)40)12-19(21)24(37)34-14-16-4-2-3-5-18(16)25(38)36-27-33-11-10-23(35-27)28(30,31)32/h10-13,15-18H,2-9,14H2,1H3,(H,34,37)(H,39,40)(H,33,35,36,38)/t15?,16-,17?,18-/m0/s1. The van der Waals surface area contributed by atoms with Crippen molar-refractivity contribution < 1.29 is 46.5 Å². The maximum absolute atomic E-state index is 14.8. The number of aliphatic carboxylic acids is 1. The summed E-state index contributed by atoms with van der Waals surface area (Å²) in [4.78, 5) is 44.5. The average Bonchev–Trinajstić information content (AvgIpc) is 2.96. The topological polar surface area (TPSA) is 140 Å². The molecule has 2 aliphatic rings. The predicted molar refractivity (Wildman–Crippen MR) is 140 cm³/mol. The molecule has 2 fully saturated rings. The number of methoxy groups -OCH3 is 1. The van der Waals surface area contributed by atoms with E-state index in [1.165, 1.54) is 13.2 Å². The Hall–Kier alpha value is -3.97. The monoisotopic (exact) mass is 596 g/mol. The fourth-order valence-electron chi connectivity index (χ4n) is 5.47. The van der Waals surface area contributed by atoms with E-state index < -0.39 is 59.4 Å². The van der Waals surface area contributed by atoms with Gasteiger partial charge in [0, 0.05) is 24.7 Å². The van der Waals surface area contributed by atoms with Crippen LogP contribution in [0.1, 0.15) is 67.4 Å². The molecule has 1 heterocycles. The molecule has 0 radical (unpaired) electrons. The Balaban J connectivity index is 1.41. The number of carbonyl (C=O) groups is 3. The molecule has 14 heteroatoms. The molecule has 0 spiro atoms. The SMILES string of the molecule is COc1cc(F)c(OC2CCC(C(=O)O)CC2)cc1C(=O)NC[C@@H]1CCCC[C@@H]1C(=O)Nc1nccc(C(F)(F)F)n1. The minimum Gasteiger partial charge on any atom is -0.496 e. The second-order valence-electron chi connectivity index (χ2n) is 10.5. The largest absolute Gasteiger partial charge is 0.496 e. The van der Waals surface area contributed by atoms with Gasteiger partial charge in [0.1, 0.15) is 11.4 Å². The second kappa shape index (κ2) is 13.3. The Morgan fingerprint density at radius 1 is 1.05 bits per heavy atom. The first-order valence-corrected chi connectivity index (χ1v) is 13.7. The van der Waals surface area contributed by atoms with Gasteiger partial charge in [0.15, 0.2) is 11.6 Å². The van der Waals surface area contributed by atoms with Crippen molar-refractivity contribution in [1.29, 1.82) is 0 Å². The van der Waals surface area contributed by atoms with Gasteiger partial charge < -0.3 is 19.9 Å². The molecular weight excluding hydrogens is 564 g/mol. The van der Waals surface area contributed by atoms with Crippen LogP contribution in [0, 0.1) is 23.6 Å². The van der Waals surface area contributed by atoms with E-state index in [9.17, 15) is 37.1 Å². The fourth-order valence-corrected chi connectivity index (χ4v) is 5.47. The average molecular weight is 597 g/mol. The second-order valence-corrected chi connectivity index (χ2v) is 10.5. The molecule has 1 aromatic carbocycles. The number of alkyl halides is 3. The van der Waals surface area contributed by atoms with Crippen LogP contribution >= 0.6 is 0 Å². The number of aromatic nitrogens is 2. The molecule has 42 heavy (non-hydrogen) atoms. The van der Waals surface area contributed by atoms with Crippen LogP contribution < -0.4 is 20.1 Å². The number of carbonyl (C=O) groups excluding carboxylic acids is 2. The van der Waals surface area contributed by atoms with Gasteiger partial charge in [-0.25, -0.2) is 14.4 Å². The zero-order valence-electron chi connectivity index (χ0n) is 22.9. The highest BCUT2D eigenvalue weighted by molar-refractivity contribution is 5.97. The summed E-state index contributed by atoms with van der Waals surface area (Å²) in [6.45, 7) is 0.0797. The van der Waals surface area contributed by atoms with Gasteiger partial charge in [0.25, 0.3) is 5.91 Å². The van der Waals surface area contributed by atoms with E-state index in [0.717, 1.165) is 25.1 Å². The number of benzene rings is 1. The summed E-state index contributed by atoms with van der Waals surface area (Å²) in [7, 11) is 1.29. The van der Waals surface area contributed by atoms with Crippen LogP contribution in [0.4, 0.5) is 23.5 Å². The van der Waals surface area contributed by atoms with Gasteiger partial charge in [0.05, 0.1) is 24.7 Å². The molecule has 4 rings (SSSR count). The maximum Gasteiger partial charge on any atom is 0.433 e. The number of hydrogen-bond acceptors (Lipinski definition) is 7. The third-order valence-corrected chi connectivity index (χ3v) is 7.77. The number of ether oxygens (including phenoxy) is 2. The van der Waals surface area contributed by atoms with Crippen molar-refractivity contribution in [3.63, 3.8) is 0 Å². The minimum atomic E-state index is -4.69. The summed E-state index contributed by atoms with van der Waals surface area (Å²) in [6, 6.07) is 2.99. The van der Waals surface area contributed by atoms with E-state index in [1.807, 2.05) is 0 Å². The maximum atomic E-state index is 14.8. The van der Waals surface area contributed by atoms with Crippen molar-refractivity contribution in [2.45, 2.75) is 63.6 Å². The van der Waals surface area contributed by atoms with E-state index in [1.54, 1.807) is 0 Å². The molecule has 1 aromatic heterocycles. The van der Waals surface area contributed by atoms with Gasteiger partial charge in [-0.15, -0.1) is 0 Å². The van der Waals surface area contributed by atoms with E-state index in [0.29, 0.717) is 44.6 Å². The van der Waals surface area contributed by atoms with Crippen LogP contribution in [-0.4, -0.2) is 52.6 Å². The van der Waals surface area contributed by atoms with Gasteiger partial charge in [-0.1, -0.05) is 12.8 Å². The molecule has 3 N–H and O–H groups in total. The molecule has 0 unspecified atom stereocenters. The van der Waals surface area contributed by atoms with Crippen molar-refractivity contribution in [3.8, 4) is 11.5 Å². The lowest BCUT2D eigenvalue weighted by Gasteiger charge is -2.30. The highest BCUT2D eigenvalue weighted by Crippen LogP contribution is 2.34. The number of rotatable bonds is 9. The lowest BCUT2D eigenvalue weighted by atomic mass is 9.78. The highest BCUT2D eigenvalue weighted by atomic mass is 19.4. The molecule has 2 atom stereocenters. The number of carboxylic acids is 1. The molecule has 0 aliphatic heterocycles. The Morgan fingerprint density at radius 2 is 1.76 bits per heavy atom. The zero-order chi connectivity index (χ0) is 30.4. The molecule has 228 valence electrons. The van der Waals surface area contributed by atoms with E-state index in [4.69, 9.17) is 9.47 Å². The molecule has 2 saturated carbocycles. The normalized spacial score (nSPS) is 22.6. The number of hydrogen-bond donors (Lipinski definition) is 3.